The topological polar surface area (TPSA) is 29.5 Å². The van der Waals surface area contributed by atoms with Crippen molar-refractivity contribution in [3.05, 3.63) is 29.3 Å². The molecule has 0 spiro atoms. The van der Waals surface area contributed by atoms with Gasteiger partial charge in [-0.05, 0) is 18.6 Å². The zero-order valence-corrected chi connectivity index (χ0v) is 10.2. The van der Waals surface area contributed by atoms with Gasteiger partial charge in [-0.3, -0.25) is 4.79 Å². The van der Waals surface area contributed by atoms with Crippen LogP contribution in [-0.4, -0.2) is 32.1 Å². The molecule has 1 aromatic rings. The van der Waals surface area contributed by atoms with Gasteiger partial charge in [0, 0.05) is 31.3 Å². The third-order valence-corrected chi connectivity index (χ3v) is 2.91. The first-order valence-corrected chi connectivity index (χ1v) is 5.88. The lowest BCUT2D eigenvalue weighted by molar-refractivity contribution is -0.116. The van der Waals surface area contributed by atoms with E-state index < -0.39 is 11.6 Å². The second kappa shape index (κ2) is 5.44. The molecule has 0 saturated carbocycles. The minimum atomic E-state index is -0.914. The van der Waals surface area contributed by atoms with Gasteiger partial charge >= 0.3 is 0 Å². The average Bonchev–Trinajstić information content (AvgIpc) is 2.34. The predicted molar refractivity (Wildman–Crippen MR) is 63.8 cm³/mol. The highest BCUT2D eigenvalue weighted by atomic mass is 19.2. The van der Waals surface area contributed by atoms with Crippen molar-refractivity contribution in [3.63, 3.8) is 0 Å². The number of carbonyl (C=O) groups excluding carboxylic acids is 1. The number of Topliss-reactive ketones (excluding diaryl/α,β-unsaturated/α-hetero) is 1. The zero-order valence-electron chi connectivity index (χ0n) is 10.2. The van der Waals surface area contributed by atoms with Gasteiger partial charge in [-0.2, -0.15) is 0 Å². The highest BCUT2D eigenvalue weighted by Gasteiger charge is 2.18. The first-order valence-electron chi connectivity index (χ1n) is 5.88. The lowest BCUT2D eigenvalue weighted by atomic mass is 10.1. The summed E-state index contributed by atoms with van der Waals surface area (Å²) in [4.78, 5) is 13.1. The van der Waals surface area contributed by atoms with Gasteiger partial charge in [-0.1, -0.05) is 0 Å². The number of anilines is 1. The molecular formula is C13H15F2NO2. The van der Waals surface area contributed by atoms with Gasteiger partial charge in [0.25, 0.3) is 0 Å². The Balaban J connectivity index is 2.35. The van der Waals surface area contributed by atoms with E-state index in [9.17, 15) is 13.6 Å². The molecule has 18 heavy (non-hydrogen) atoms. The fourth-order valence-electron chi connectivity index (χ4n) is 2.09. The summed E-state index contributed by atoms with van der Waals surface area (Å²) < 4.78 is 31.8. The molecule has 1 heterocycles. The quantitative estimate of drug-likeness (QED) is 0.826. The third kappa shape index (κ3) is 2.85. The second-order valence-corrected chi connectivity index (χ2v) is 4.37. The van der Waals surface area contributed by atoms with Crippen LogP contribution >= 0.6 is 0 Å². The number of halogens is 2. The van der Waals surface area contributed by atoms with E-state index in [1.165, 1.54) is 13.0 Å². The standard InChI is InChI=1S/C13H15F2NO2/c1-9(17)6-10-7-11(14)12(15)8-13(10)16-2-4-18-5-3-16/h7-8H,2-6H2,1H3. The molecule has 0 bridgehead atoms. The van der Waals surface area contributed by atoms with Crippen molar-refractivity contribution < 1.29 is 18.3 Å². The summed E-state index contributed by atoms with van der Waals surface area (Å²) in [5.74, 6) is -1.87. The average molecular weight is 255 g/mol. The number of nitrogens with zero attached hydrogens (tertiary/aromatic N) is 1. The van der Waals surface area contributed by atoms with Crippen LogP contribution in [0.4, 0.5) is 14.5 Å². The van der Waals surface area contributed by atoms with Crippen LogP contribution in [0.15, 0.2) is 12.1 Å². The normalized spacial score (nSPS) is 15.8. The van der Waals surface area contributed by atoms with E-state index in [-0.39, 0.29) is 12.2 Å². The van der Waals surface area contributed by atoms with Gasteiger partial charge in [0.15, 0.2) is 11.6 Å². The number of rotatable bonds is 3. The van der Waals surface area contributed by atoms with Crippen molar-refractivity contribution in [3.8, 4) is 0 Å². The summed E-state index contributed by atoms with van der Waals surface area (Å²) in [5.41, 5.74) is 1.12. The van der Waals surface area contributed by atoms with Gasteiger partial charge in [-0.15, -0.1) is 0 Å². The smallest absolute Gasteiger partial charge is 0.160 e. The van der Waals surface area contributed by atoms with E-state index >= 15 is 0 Å². The summed E-state index contributed by atoms with van der Waals surface area (Å²) in [6.07, 6.45) is 0.115. The van der Waals surface area contributed by atoms with Gasteiger partial charge in [-0.25, -0.2) is 8.78 Å². The van der Waals surface area contributed by atoms with Gasteiger partial charge in [0.05, 0.1) is 13.2 Å². The van der Waals surface area contributed by atoms with Gasteiger partial charge < -0.3 is 9.64 Å². The van der Waals surface area contributed by atoms with Crippen LogP contribution < -0.4 is 4.90 Å². The molecule has 0 amide bonds. The number of ether oxygens (including phenoxy) is 1. The number of benzene rings is 1. The maximum absolute atomic E-state index is 13.3. The van der Waals surface area contributed by atoms with Crippen LogP contribution in [0.25, 0.3) is 0 Å². The van der Waals surface area contributed by atoms with E-state index in [2.05, 4.69) is 0 Å². The third-order valence-electron chi connectivity index (χ3n) is 2.91. The molecule has 1 aromatic carbocycles. The Bertz CT molecular complexity index is 457. The van der Waals surface area contributed by atoms with Crippen LogP contribution in [0.1, 0.15) is 12.5 Å². The Morgan fingerprint density at radius 1 is 1.28 bits per heavy atom. The van der Waals surface area contributed by atoms with E-state index in [0.717, 1.165) is 6.07 Å². The number of carbonyl (C=O) groups is 1. The lowest BCUT2D eigenvalue weighted by Gasteiger charge is -2.30. The molecule has 0 aromatic heterocycles. The van der Waals surface area contributed by atoms with Crippen LogP contribution in [0.5, 0.6) is 0 Å². The van der Waals surface area contributed by atoms with E-state index in [1.54, 1.807) is 0 Å². The molecule has 0 aliphatic carbocycles. The Morgan fingerprint density at radius 3 is 2.50 bits per heavy atom. The lowest BCUT2D eigenvalue weighted by Crippen LogP contribution is -2.37. The Labute approximate surface area is 104 Å². The molecule has 2 rings (SSSR count). The zero-order chi connectivity index (χ0) is 13.1. The summed E-state index contributed by atoms with van der Waals surface area (Å²) in [7, 11) is 0. The second-order valence-electron chi connectivity index (χ2n) is 4.37. The number of hydrogen-bond donors (Lipinski definition) is 0. The first kappa shape index (κ1) is 13.0. The van der Waals surface area contributed by atoms with E-state index in [1.807, 2.05) is 4.90 Å². The molecule has 0 atom stereocenters. The van der Waals surface area contributed by atoms with Crippen molar-refractivity contribution in [2.75, 3.05) is 31.2 Å². The molecule has 0 unspecified atom stereocenters. The van der Waals surface area contributed by atoms with Gasteiger partial charge in [0.2, 0.25) is 0 Å². The van der Waals surface area contributed by atoms with E-state index in [0.29, 0.717) is 37.6 Å². The largest absolute Gasteiger partial charge is 0.378 e. The molecule has 1 aliphatic heterocycles. The maximum atomic E-state index is 13.3. The fraction of sp³-hybridized carbons (Fsp3) is 0.462. The number of ketones is 1. The highest BCUT2D eigenvalue weighted by molar-refractivity contribution is 5.80. The molecule has 5 heteroatoms. The molecular weight excluding hydrogens is 240 g/mol. The number of morpholine rings is 1. The van der Waals surface area contributed by atoms with Gasteiger partial charge in [0.1, 0.15) is 5.78 Å². The van der Waals surface area contributed by atoms with Crippen LogP contribution in [0.3, 0.4) is 0 Å². The van der Waals surface area contributed by atoms with Crippen LogP contribution in [0, 0.1) is 11.6 Å². The summed E-state index contributed by atoms with van der Waals surface area (Å²) in [6, 6.07) is 2.28. The molecule has 0 N–H and O–H groups in total. The minimum absolute atomic E-state index is 0.0736. The Hall–Kier alpha value is -1.49. The van der Waals surface area contributed by atoms with Crippen LogP contribution in [0.2, 0.25) is 0 Å². The number of hydrogen-bond acceptors (Lipinski definition) is 3. The molecule has 0 radical (unpaired) electrons. The van der Waals surface area contributed by atoms with Crippen molar-refractivity contribution in [2.45, 2.75) is 13.3 Å². The molecule has 3 nitrogen and oxygen atoms in total. The van der Waals surface area contributed by atoms with Crippen LogP contribution in [-0.2, 0) is 16.0 Å². The monoisotopic (exact) mass is 255 g/mol. The highest BCUT2D eigenvalue weighted by Crippen LogP contribution is 2.25. The molecule has 1 fully saturated rings. The predicted octanol–water partition coefficient (Wildman–Crippen LogP) is 1.93. The summed E-state index contributed by atoms with van der Waals surface area (Å²) in [5, 5.41) is 0. The Morgan fingerprint density at radius 2 is 1.89 bits per heavy atom. The van der Waals surface area contributed by atoms with Crippen molar-refractivity contribution >= 4 is 11.5 Å². The molecule has 1 aliphatic rings. The summed E-state index contributed by atoms with van der Waals surface area (Å²) >= 11 is 0. The SMILES string of the molecule is CC(=O)Cc1cc(F)c(F)cc1N1CCOCC1. The van der Waals surface area contributed by atoms with E-state index in [4.69, 9.17) is 4.74 Å². The fourth-order valence-corrected chi connectivity index (χ4v) is 2.09. The van der Waals surface area contributed by atoms with Crippen molar-refractivity contribution in [1.82, 2.24) is 0 Å². The van der Waals surface area contributed by atoms with Crippen molar-refractivity contribution in [2.24, 2.45) is 0 Å². The van der Waals surface area contributed by atoms with Crippen molar-refractivity contribution in [1.29, 1.82) is 0 Å². The summed E-state index contributed by atoms with van der Waals surface area (Å²) in [6.45, 7) is 3.79. The first-order chi connectivity index (χ1) is 8.58. The minimum Gasteiger partial charge on any atom is -0.378 e. The maximum Gasteiger partial charge on any atom is 0.160 e. The molecule has 98 valence electrons. The molecule has 1 saturated heterocycles. The Kier molecular flexibility index (Phi) is 3.91.